The van der Waals surface area contributed by atoms with Gasteiger partial charge in [-0.1, -0.05) is 34.8 Å². The minimum absolute atomic E-state index is 0.0456. The Labute approximate surface area is 115 Å². The minimum atomic E-state index is -1.62. The highest BCUT2D eigenvalue weighted by Crippen LogP contribution is 2.38. The molecule has 96 valence electrons. The van der Waals surface area contributed by atoms with E-state index in [1.165, 1.54) is 6.92 Å². The standard InChI is InChI=1S/C11H13Cl3O3/c1-6(15)7(5-11(12,13)14)10-8(16)3-2-4-9(10)17/h7,16H,2-5H2,1H3. The van der Waals surface area contributed by atoms with Gasteiger partial charge >= 0.3 is 0 Å². The number of hydrogen-bond donors (Lipinski definition) is 1. The molecule has 1 aliphatic rings. The van der Waals surface area contributed by atoms with Crippen LogP contribution >= 0.6 is 34.8 Å². The van der Waals surface area contributed by atoms with E-state index in [-0.39, 0.29) is 29.3 Å². The van der Waals surface area contributed by atoms with Crippen molar-refractivity contribution >= 4 is 46.4 Å². The number of carbonyl (C=O) groups is 2. The molecule has 0 aromatic carbocycles. The van der Waals surface area contributed by atoms with E-state index < -0.39 is 9.71 Å². The zero-order valence-corrected chi connectivity index (χ0v) is 11.6. The van der Waals surface area contributed by atoms with Crippen molar-refractivity contribution in [3.63, 3.8) is 0 Å². The van der Waals surface area contributed by atoms with Crippen molar-refractivity contribution in [3.05, 3.63) is 11.3 Å². The summed E-state index contributed by atoms with van der Waals surface area (Å²) in [6.07, 6.45) is 1.21. The van der Waals surface area contributed by atoms with Gasteiger partial charge in [-0.3, -0.25) is 9.59 Å². The fourth-order valence-electron chi connectivity index (χ4n) is 1.92. The maximum absolute atomic E-state index is 11.7. The fourth-order valence-corrected chi connectivity index (χ4v) is 2.39. The summed E-state index contributed by atoms with van der Waals surface area (Å²) in [6, 6.07) is 0. The molecule has 1 atom stereocenters. The molecule has 0 radical (unpaired) electrons. The third-order valence-electron chi connectivity index (χ3n) is 2.70. The van der Waals surface area contributed by atoms with Crippen LogP contribution in [0.4, 0.5) is 0 Å². The highest BCUT2D eigenvalue weighted by atomic mass is 35.6. The van der Waals surface area contributed by atoms with Crippen LogP contribution in [0.2, 0.25) is 0 Å². The summed E-state index contributed by atoms with van der Waals surface area (Å²) in [5, 5.41) is 9.73. The van der Waals surface area contributed by atoms with Gasteiger partial charge in [0.1, 0.15) is 5.78 Å². The third-order valence-corrected chi connectivity index (χ3v) is 3.17. The monoisotopic (exact) mass is 298 g/mol. The number of ketones is 2. The molecular formula is C11H13Cl3O3. The van der Waals surface area contributed by atoms with Gasteiger partial charge in [-0.25, -0.2) is 0 Å². The highest BCUT2D eigenvalue weighted by molar-refractivity contribution is 6.67. The minimum Gasteiger partial charge on any atom is -0.512 e. The number of alkyl halides is 3. The lowest BCUT2D eigenvalue weighted by Crippen LogP contribution is -2.27. The van der Waals surface area contributed by atoms with Gasteiger partial charge in [0.25, 0.3) is 0 Å². The SMILES string of the molecule is CC(=O)C(CC(Cl)(Cl)Cl)C1=C(O)CCCC1=O. The maximum Gasteiger partial charge on any atom is 0.191 e. The summed E-state index contributed by atoms with van der Waals surface area (Å²) < 4.78 is -1.62. The van der Waals surface area contributed by atoms with Crippen molar-refractivity contribution in [3.8, 4) is 0 Å². The zero-order chi connectivity index (χ0) is 13.2. The van der Waals surface area contributed by atoms with Gasteiger partial charge in [0, 0.05) is 24.8 Å². The number of hydrogen-bond acceptors (Lipinski definition) is 3. The van der Waals surface area contributed by atoms with Crippen LogP contribution in [0.15, 0.2) is 11.3 Å². The topological polar surface area (TPSA) is 54.4 Å². The second-order valence-corrected chi connectivity index (χ2v) is 6.64. The Morgan fingerprint density at radius 1 is 1.41 bits per heavy atom. The summed E-state index contributed by atoms with van der Waals surface area (Å²) in [7, 11) is 0. The van der Waals surface area contributed by atoms with Gasteiger partial charge in [-0.15, -0.1) is 0 Å². The van der Waals surface area contributed by atoms with E-state index in [0.29, 0.717) is 19.3 Å². The molecule has 0 heterocycles. The first kappa shape index (κ1) is 14.8. The number of Topliss-reactive ketones (excluding diaryl/α,β-unsaturated/α-hetero) is 2. The van der Waals surface area contributed by atoms with Crippen LogP contribution in [0.3, 0.4) is 0 Å². The van der Waals surface area contributed by atoms with E-state index in [4.69, 9.17) is 34.8 Å². The molecule has 6 heteroatoms. The molecule has 1 N–H and O–H groups in total. The lowest BCUT2D eigenvalue weighted by molar-refractivity contribution is -0.123. The second kappa shape index (κ2) is 5.59. The van der Waals surface area contributed by atoms with Crippen molar-refractivity contribution in [2.75, 3.05) is 0 Å². The number of rotatable bonds is 3. The average Bonchev–Trinajstić information content (AvgIpc) is 2.13. The normalized spacial score (nSPS) is 19.4. The van der Waals surface area contributed by atoms with Crippen molar-refractivity contribution in [1.29, 1.82) is 0 Å². The molecular weight excluding hydrogens is 286 g/mol. The van der Waals surface area contributed by atoms with Crippen LogP contribution in [0.1, 0.15) is 32.6 Å². The zero-order valence-electron chi connectivity index (χ0n) is 9.30. The molecule has 0 aliphatic heterocycles. The second-order valence-electron chi connectivity index (χ2n) is 4.12. The van der Waals surface area contributed by atoms with Gasteiger partial charge in [0.2, 0.25) is 0 Å². The molecule has 0 aromatic rings. The first-order chi connectivity index (χ1) is 7.72. The molecule has 0 aromatic heterocycles. The highest BCUT2D eigenvalue weighted by Gasteiger charge is 2.36. The van der Waals surface area contributed by atoms with E-state index in [2.05, 4.69) is 0 Å². The van der Waals surface area contributed by atoms with Crippen molar-refractivity contribution in [1.82, 2.24) is 0 Å². The molecule has 1 aliphatic carbocycles. The van der Waals surface area contributed by atoms with Crippen LogP contribution in [0, 0.1) is 5.92 Å². The molecule has 0 spiro atoms. The van der Waals surface area contributed by atoms with Crippen LogP contribution in [-0.2, 0) is 9.59 Å². The molecule has 0 amide bonds. The Hall–Kier alpha value is -0.250. The predicted molar refractivity (Wildman–Crippen MR) is 67.6 cm³/mol. The van der Waals surface area contributed by atoms with Crippen LogP contribution in [-0.4, -0.2) is 20.5 Å². The van der Waals surface area contributed by atoms with Crippen molar-refractivity contribution < 1.29 is 14.7 Å². The lowest BCUT2D eigenvalue weighted by Gasteiger charge is -2.24. The molecule has 0 saturated carbocycles. The maximum atomic E-state index is 11.7. The molecule has 0 bridgehead atoms. The van der Waals surface area contributed by atoms with E-state index in [9.17, 15) is 14.7 Å². The van der Waals surface area contributed by atoms with Gasteiger partial charge in [-0.05, 0) is 13.3 Å². The van der Waals surface area contributed by atoms with Crippen molar-refractivity contribution in [2.45, 2.75) is 36.4 Å². The number of aliphatic hydroxyl groups excluding tert-OH is 1. The van der Waals surface area contributed by atoms with Gasteiger partial charge in [-0.2, -0.15) is 0 Å². The third kappa shape index (κ3) is 4.16. The van der Waals surface area contributed by atoms with Gasteiger partial charge in [0.05, 0.1) is 11.7 Å². The summed E-state index contributed by atoms with van der Waals surface area (Å²) in [6.45, 7) is 1.32. The Balaban J connectivity index is 3.06. The summed E-state index contributed by atoms with van der Waals surface area (Å²) in [5.41, 5.74) is 0.120. The number of aliphatic hydroxyl groups is 1. The van der Waals surface area contributed by atoms with Gasteiger partial charge < -0.3 is 5.11 Å². The molecule has 0 fully saturated rings. The Bertz CT molecular complexity index is 369. The van der Waals surface area contributed by atoms with E-state index in [0.717, 1.165) is 0 Å². The molecule has 1 rings (SSSR count). The summed E-state index contributed by atoms with van der Waals surface area (Å²) >= 11 is 16.9. The smallest absolute Gasteiger partial charge is 0.191 e. The molecule has 3 nitrogen and oxygen atoms in total. The number of carbonyl (C=O) groups excluding carboxylic acids is 2. The Morgan fingerprint density at radius 2 is 2.00 bits per heavy atom. The fraction of sp³-hybridized carbons (Fsp3) is 0.636. The average molecular weight is 300 g/mol. The molecule has 1 unspecified atom stereocenters. The Morgan fingerprint density at radius 3 is 2.41 bits per heavy atom. The predicted octanol–water partition coefficient (Wildman–Crippen LogP) is 3.52. The number of allylic oxidation sites excluding steroid dienone is 2. The van der Waals surface area contributed by atoms with Gasteiger partial charge in [0.15, 0.2) is 9.58 Å². The van der Waals surface area contributed by atoms with Crippen LogP contribution < -0.4 is 0 Å². The van der Waals surface area contributed by atoms with Crippen molar-refractivity contribution in [2.24, 2.45) is 5.92 Å². The number of halogens is 3. The largest absolute Gasteiger partial charge is 0.512 e. The molecule has 17 heavy (non-hydrogen) atoms. The first-order valence-electron chi connectivity index (χ1n) is 5.25. The van der Waals surface area contributed by atoms with Crippen LogP contribution in [0.5, 0.6) is 0 Å². The van der Waals surface area contributed by atoms with E-state index in [1.807, 2.05) is 0 Å². The molecule has 0 saturated heterocycles. The lowest BCUT2D eigenvalue weighted by atomic mass is 9.83. The van der Waals surface area contributed by atoms with E-state index in [1.54, 1.807) is 0 Å². The Kier molecular flexibility index (Phi) is 4.87. The summed E-state index contributed by atoms with van der Waals surface area (Å²) in [4.78, 5) is 23.3. The van der Waals surface area contributed by atoms with E-state index >= 15 is 0 Å². The first-order valence-corrected chi connectivity index (χ1v) is 6.38. The van der Waals surface area contributed by atoms with Crippen LogP contribution in [0.25, 0.3) is 0 Å². The summed E-state index contributed by atoms with van der Waals surface area (Å²) in [5.74, 6) is -1.40. The quantitative estimate of drug-likeness (QED) is 0.811.